The Kier molecular flexibility index (Phi) is 4.47. The van der Waals surface area contributed by atoms with Gasteiger partial charge >= 0.3 is 0 Å². The van der Waals surface area contributed by atoms with Crippen LogP contribution in [0, 0.1) is 6.92 Å². The van der Waals surface area contributed by atoms with Gasteiger partial charge in [0.15, 0.2) is 0 Å². The molecule has 110 valence electrons. The zero-order chi connectivity index (χ0) is 15.4. The van der Waals surface area contributed by atoms with E-state index in [9.17, 15) is 0 Å². The SMILES string of the molecule is Cc1ccc(NI)cc1Nc1nccc(-c2cccnc2)n1. The third-order valence-corrected chi connectivity index (χ3v) is 3.83. The van der Waals surface area contributed by atoms with Crippen LogP contribution in [0.15, 0.2) is 55.0 Å². The zero-order valence-electron chi connectivity index (χ0n) is 11.9. The Morgan fingerprint density at radius 1 is 1.09 bits per heavy atom. The van der Waals surface area contributed by atoms with Crippen molar-refractivity contribution in [2.75, 3.05) is 8.85 Å². The van der Waals surface area contributed by atoms with Gasteiger partial charge in [-0.05, 0) is 42.8 Å². The summed E-state index contributed by atoms with van der Waals surface area (Å²) in [5.41, 5.74) is 4.94. The lowest BCUT2D eigenvalue weighted by Crippen LogP contribution is -2.00. The number of nitrogens with one attached hydrogen (secondary N) is 2. The van der Waals surface area contributed by atoms with Crippen molar-refractivity contribution in [2.45, 2.75) is 6.92 Å². The molecule has 0 spiro atoms. The third kappa shape index (κ3) is 3.33. The molecule has 0 bridgehead atoms. The van der Waals surface area contributed by atoms with Crippen molar-refractivity contribution in [2.24, 2.45) is 0 Å². The summed E-state index contributed by atoms with van der Waals surface area (Å²) in [7, 11) is 0. The van der Waals surface area contributed by atoms with Crippen molar-refractivity contribution in [1.29, 1.82) is 0 Å². The fraction of sp³-hybridized carbons (Fsp3) is 0.0625. The first-order valence-corrected chi connectivity index (χ1v) is 7.82. The molecule has 2 heterocycles. The van der Waals surface area contributed by atoms with E-state index in [1.165, 1.54) is 0 Å². The first-order chi connectivity index (χ1) is 10.8. The van der Waals surface area contributed by atoms with Gasteiger partial charge in [0.05, 0.1) is 28.6 Å². The largest absolute Gasteiger partial charge is 0.328 e. The Balaban J connectivity index is 1.90. The summed E-state index contributed by atoms with van der Waals surface area (Å²) in [6.07, 6.45) is 5.28. The summed E-state index contributed by atoms with van der Waals surface area (Å²) in [6, 6.07) is 11.9. The van der Waals surface area contributed by atoms with Crippen LogP contribution in [-0.4, -0.2) is 15.0 Å². The first kappa shape index (κ1) is 14.7. The van der Waals surface area contributed by atoms with Gasteiger partial charge in [-0.3, -0.25) is 4.98 Å². The maximum Gasteiger partial charge on any atom is 0.227 e. The Hall–Kier alpha value is -2.22. The maximum absolute atomic E-state index is 4.55. The van der Waals surface area contributed by atoms with E-state index in [0.29, 0.717) is 5.95 Å². The van der Waals surface area contributed by atoms with Crippen molar-refractivity contribution in [3.8, 4) is 11.3 Å². The number of benzene rings is 1. The Morgan fingerprint density at radius 2 is 2.00 bits per heavy atom. The highest BCUT2D eigenvalue weighted by atomic mass is 127. The highest BCUT2D eigenvalue weighted by molar-refractivity contribution is 14.1. The fourth-order valence-corrected chi connectivity index (χ4v) is 2.37. The first-order valence-electron chi connectivity index (χ1n) is 6.74. The van der Waals surface area contributed by atoms with Gasteiger partial charge in [0.2, 0.25) is 5.95 Å². The fourth-order valence-electron chi connectivity index (χ4n) is 2.03. The molecule has 2 aromatic heterocycles. The van der Waals surface area contributed by atoms with Crippen molar-refractivity contribution in [1.82, 2.24) is 15.0 Å². The molecular formula is C16H14IN5. The van der Waals surface area contributed by atoms with E-state index in [4.69, 9.17) is 0 Å². The lowest BCUT2D eigenvalue weighted by molar-refractivity contribution is 1.16. The summed E-state index contributed by atoms with van der Waals surface area (Å²) in [4.78, 5) is 13.0. The number of pyridine rings is 1. The van der Waals surface area contributed by atoms with Gasteiger partial charge in [0.1, 0.15) is 0 Å². The third-order valence-electron chi connectivity index (χ3n) is 3.21. The van der Waals surface area contributed by atoms with E-state index in [1.54, 1.807) is 18.6 Å². The minimum atomic E-state index is 0.565. The van der Waals surface area contributed by atoms with Crippen molar-refractivity contribution >= 4 is 40.2 Å². The molecule has 0 atom stereocenters. The van der Waals surface area contributed by atoms with E-state index in [2.05, 4.69) is 46.7 Å². The van der Waals surface area contributed by atoms with Crippen LogP contribution in [0.25, 0.3) is 11.3 Å². The normalized spacial score (nSPS) is 10.3. The predicted octanol–water partition coefficient (Wildman–Crippen LogP) is 4.35. The monoisotopic (exact) mass is 403 g/mol. The van der Waals surface area contributed by atoms with Crippen LogP contribution < -0.4 is 8.85 Å². The number of aromatic nitrogens is 3. The average Bonchev–Trinajstić information content (AvgIpc) is 2.58. The number of aryl methyl sites for hydroxylation is 1. The molecule has 0 fully saturated rings. The van der Waals surface area contributed by atoms with Gasteiger partial charge in [-0.1, -0.05) is 6.07 Å². The maximum atomic E-state index is 4.55. The van der Waals surface area contributed by atoms with E-state index in [-0.39, 0.29) is 0 Å². The Bertz CT molecular complexity index is 776. The van der Waals surface area contributed by atoms with Gasteiger partial charge in [0, 0.05) is 35.5 Å². The zero-order valence-corrected chi connectivity index (χ0v) is 14.1. The second kappa shape index (κ2) is 6.69. The van der Waals surface area contributed by atoms with Crippen molar-refractivity contribution < 1.29 is 0 Å². The quantitative estimate of drug-likeness (QED) is 0.501. The summed E-state index contributed by atoms with van der Waals surface area (Å²) in [5.74, 6) is 0.565. The molecule has 0 amide bonds. The molecule has 6 heteroatoms. The second-order valence-electron chi connectivity index (χ2n) is 4.76. The molecule has 3 rings (SSSR count). The van der Waals surface area contributed by atoms with E-state index >= 15 is 0 Å². The summed E-state index contributed by atoms with van der Waals surface area (Å²) in [5, 5.41) is 3.27. The number of nitrogens with zero attached hydrogens (tertiary/aromatic N) is 3. The number of halogens is 1. The predicted molar refractivity (Wildman–Crippen MR) is 97.4 cm³/mol. The molecule has 0 radical (unpaired) electrons. The van der Waals surface area contributed by atoms with Crippen molar-refractivity contribution in [3.05, 3.63) is 60.6 Å². The Morgan fingerprint density at radius 3 is 2.77 bits per heavy atom. The van der Waals surface area contributed by atoms with Crippen LogP contribution in [0.2, 0.25) is 0 Å². The van der Waals surface area contributed by atoms with Gasteiger partial charge in [-0.15, -0.1) is 0 Å². The van der Waals surface area contributed by atoms with Crippen LogP contribution in [0.3, 0.4) is 0 Å². The number of rotatable bonds is 4. The van der Waals surface area contributed by atoms with Crippen LogP contribution in [0.1, 0.15) is 5.56 Å². The molecule has 3 aromatic rings. The van der Waals surface area contributed by atoms with Crippen LogP contribution in [-0.2, 0) is 0 Å². The molecule has 0 aliphatic rings. The van der Waals surface area contributed by atoms with Gasteiger partial charge in [-0.25, -0.2) is 9.97 Å². The van der Waals surface area contributed by atoms with Gasteiger partial charge in [0.25, 0.3) is 0 Å². The van der Waals surface area contributed by atoms with E-state index in [0.717, 1.165) is 28.2 Å². The number of anilines is 3. The molecule has 5 nitrogen and oxygen atoms in total. The highest BCUT2D eigenvalue weighted by Gasteiger charge is 2.05. The standard InChI is InChI=1S/C16H14IN5/c1-11-4-5-13(22-17)9-15(11)21-16-19-8-6-14(20-16)12-3-2-7-18-10-12/h2-10,22H,1H3,(H,19,20,21). The lowest BCUT2D eigenvalue weighted by atomic mass is 10.2. The molecule has 1 aromatic carbocycles. The minimum absolute atomic E-state index is 0.565. The molecular weight excluding hydrogens is 389 g/mol. The minimum Gasteiger partial charge on any atom is -0.328 e. The molecule has 0 saturated heterocycles. The Labute approximate surface area is 142 Å². The summed E-state index contributed by atoms with van der Waals surface area (Å²) in [6.45, 7) is 2.05. The molecule has 0 unspecified atom stereocenters. The molecule has 2 N–H and O–H groups in total. The highest BCUT2D eigenvalue weighted by Crippen LogP contribution is 2.24. The lowest BCUT2D eigenvalue weighted by Gasteiger charge is -2.10. The van der Waals surface area contributed by atoms with Crippen LogP contribution in [0.4, 0.5) is 17.3 Å². The van der Waals surface area contributed by atoms with Gasteiger partial charge in [-0.2, -0.15) is 0 Å². The van der Waals surface area contributed by atoms with E-state index < -0.39 is 0 Å². The molecule has 0 aliphatic heterocycles. The summed E-state index contributed by atoms with van der Waals surface area (Å²) < 4.78 is 3.10. The van der Waals surface area contributed by atoms with Gasteiger partial charge < -0.3 is 8.85 Å². The summed E-state index contributed by atoms with van der Waals surface area (Å²) >= 11 is 2.11. The second-order valence-corrected chi connectivity index (χ2v) is 5.30. The number of hydrogen-bond donors (Lipinski definition) is 2. The molecule has 0 aliphatic carbocycles. The number of hydrogen-bond acceptors (Lipinski definition) is 5. The molecule has 0 saturated carbocycles. The van der Waals surface area contributed by atoms with Crippen LogP contribution >= 0.6 is 22.9 Å². The average molecular weight is 403 g/mol. The van der Waals surface area contributed by atoms with Crippen LogP contribution in [0.5, 0.6) is 0 Å². The van der Waals surface area contributed by atoms with E-state index in [1.807, 2.05) is 43.3 Å². The smallest absolute Gasteiger partial charge is 0.227 e. The topological polar surface area (TPSA) is 62.7 Å². The van der Waals surface area contributed by atoms with Crippen molar-refractivity contribution in [3.63, 3.8) is 0 Å². The molecule has 22 heavy (non-hydrogen) atoms.